The third-order valence-corrected chi connectivity index (χ3v) is 17.3. The van der Waals surface area contributed by atoms with Crippen LogP contribution in [0.25, 0.3) is 5.57 Å². The average molecular weight is 657 g/mol. The number of carboxylic acid groups (broad SMARTS) is 1. The fourth-order valence-electron chi connectivity index (χ4n) is 14.8. The molecule has 5 unspecified atom stereocenters. The first kappa shape index (κ1) is 33.5. The minimum atomic E-state index is -0.848. The fourth-order valence-corrected chi connectivity index (χ4v) is 14.8. The van der Waals surface area contributed by atoms with E-state index in [9.17, 15) is 9.90 Å². The second-order valence-corrected chi connectivity index (χ2v) is 19.5. The van der Waals surface area contributed by atoms with Crippen LogP contribution >= 0.6 is 0 Å². The molecular formula is C43H64N2O3. The molecule has 2 bridgehead atoms. The van der Waals surface area contributed by atoms with Gasteiger partial charge in [0.25, 0.3) is 0 Å². The number of aromatic carboxylic acids is 1. The van der Waals surface area contributed by atoms with Crippen molar-refractivity contribution in [1.29, 1.82) is 0 Å². The Morgan fingerprint density at radius 1 is 0.958 bits per heavy atom. The molecule has 48 heavy (non-hydrogen) atoms. The molecule has 8 rings (SSSR count). The van der Waals surface area contributed by atoms with E-state index in [1.165, 1.54) is 75.5 Å². The Morgan fingerprint density at radius 3 is 2.40 bits per heavy atom. The highest BCUT2D eigenvalue weighted by Crippen LogP contribution is 2.76. The summed E-state index contributed by atoms with van der Waals surface area (Å²) < 4.78 is 5.91. The van der Waals surface area contributed by atoms with Crippen LogP contribution in [-0.2, 0) is 4.74 Å². The Bertz CT molecular complexity index is 1450. The highest BCUT2D eigenvalue weighted by Gasteiger charge is 2.70. The summed E-state index contributed by atoms with van der Waals surface area (Å²) in [5.74, 6) is 3.70. The number of rotatable bonds is 7. The lowest BCUT2D eigenvalue weighted by Gasteiger charge is -2.72. The number of hydrogen-bond donors (Lipinski definition) is 2. The number of nitrogens with zero attached hydrogens (tertiary/aromatic N) is 1. The van der Waals surface area contributed by atoms with Gasteiger partial charge < -0.3 is 15.2 Å². The number of fused-ring (bicyclic) bond motifs is 9. The number of carboxylic acids is 1. The zero-order valence-electron chi connectivity index (χ0n) is 31.1. The predicted octanol–water partition coefficient (Wildman–Crippen LogP) is 8.93. The van der Waals surface area contributed by atoms with Crippen molar-refractivity contribution in [2.75, 3.05) is 26.2 Å². The molecule has 264 valence electrons. The minimum Gasteiger partial charge on any atom is -0.478 e. The third-order valence-electron chi connectivity index (χ3n) is 17.3. The largest absolute Gasteiger partial charge is 0.478 e. The molecule has 2 N–H and O–H groups in total. The standard InChI is InChI=1S/C43H64N2O3/c1-27(2)32-14-19-43(44-22-23-45-25-31-24-30(45)26-48-31)21-20-41(6)34(37(32)43)12-13-36-40(5)17-15-33(28-8-10-29(11-9-28)38(46)47)39(3,4)35(40)16-18-42(36,41)7/h8-11,15,27,30-32,34-37,44H,12-14,16-26H2,1-7H3,(H,46,47)/t30?,31-,32?,34+,35?,36?,37?,40-,41+,42+,43-/m0/s1. The van der Waals surface area contributed by atoms with E-state index in [4.69, 9.17) is 4.74 Å². The lowest BCUT2D eigenvalue weighted by atomic mass is 9.33. The Labute approximate surface area is 291 Å². The quantitative estimate of drug-likeness (QED) is 0.307. The van der Waals surface area contributed by atoms with Crippen LogP contribution in [0.1, 0.15) is 129 Å². The number of likely N-dealkylation sites (tertiary alicyclic amines) is 1. The van der Waals surface area contributed by atoms with E-state index < -0.39 is 5.97 Å². The lowest BCUT2D eigenvalue weighted by Crippen LogP contribution is -2.68. The molecule has 0 aromatic heterocycles. The SMILES string of the molecule is CC(C)C1CC[C@]2(NCCN3C[C@@H]4CC3CO4)CC[C@]3(C)[C@H](CCC4[C@@]5(C)CC=C(c6ccc(C(=O)O)cc6)C(C)(C)C5CC[C@]43C)C12. The smallest absolute Gasteiger partial charge is 0.335 e. The van der Waals surface area contributed by atoms with Crippen LogP contribution in [0, 0.1) is 57.2 Å². The van der Waals surface area contributed by atoms with E-state index in [2.05, 4.69) is 76.9 Å². The van der Waals surface area contributed by atoms with Gasteiger partial charge in [0.1, 0.15) is 0 Å². The summed E-state index contributed by atoms with van der Waals surface area (Å²) in [5.41, 5.74) is 4.40. The van der Waals surface area contributed by atoms with Crippen LogP contribution in [-0.4, -0.2) is 59.9 Å². The highest BCUT2D eigenvalue weighted by molar-refractivity contribution is 5.88. The Balaban J connectivity index is 1.06. The van der Waals surface area contributed by atoms with Gasteiger partial charge in [-0.1, -0.05) is 66.7 Å². The average Bonchev–Trinajstić information content (AvgIpc) is 3.76. The molecule has 4 saturated carbocycles. The van der Waals surface area contributed by atoms with E-state index >= 15 is 0 Å². The number of nitrogens with one attached hydrogen (secondary N) is 1. The maximum Gasteiger partial charge on any atom is 0.335 e. The molecule has 7 aliphatic rings. The number of benzene rings is 1. The van der Waals surface area contributed by atoms with E-state index in [0.29, 0.717) is 40.0 Å². The minimum absolute atomic E-state index is 0.0532. The van der Waals surface area contributed by atoms with Crippen molar-refractivity contribution in [3.05, 3.63) is 41.5 Å². The summed E-state index contributed by atoms with van der Waals surface area (Å²) in [6.45, 7) is 22.7. The molecule has 0 amide bonds. The third kappa shape index (κ3) is 4.68. The van der Waals surface area contributed by atoms with Gasteiger partial charge in [-0.3, -0.25) is 4.90 Å². The van der Waals surface area contributed by atoms with Crippen LogP contribution in [0.2, 0.25) is 0 Å². The number of hydrogen-bond acceptors (Lipinski definition) is 4. The maximum absolute atomic E-state index is 11.6. The van der Waals surface area contributed by atoms with Crippen LogP contribution in [0.3, 0.4) is 0 Å². The van der Waals surface area contributed by atoms with Gasteiger partial charge in [0, 0.05) is 31.2 Å². The van der Waals surface area contributed by atoms with Crippen LogP contribution in [0.5, 0.6) is 0 Å². The normalized spacial score (nSPS) is 46.1. The van der Waals surface area contributed by atoms with Crippen molar-refractivity contribution >= 4 is 11.5 Å². The van der Waals surface area contributed by atoms with E-state index in [0.717, 1.165) is 55.7 Å². The second kappa shape index (κ2) is 11.4. The summed E-state index contributed by atoms with van der Waals surface area (Å²) >= 11 is 0. The van der Waals surface area contributed by atoms with Crippen LogP contribution < -0.4 is 5.32 Å². The summed E-state index contributed by atoms with van der Waals surface area (Å²) in [6, 6.07) is 8.35. The molecular weight excluding hydrogens is 592 g/mol. The second-order valence-electron chi connectivity index (χ2n) is 19.5. The highest BCUT2D eigenvalue weighted by atomic mass is 16.5. The molecule has 5 aliphatic carbocycles. The first-order chi connectivity index (χ1) is 22.7. The van der Waals surface area contributed by atoms with E-state index in [1.54, 1.807) is 12.1 Å². The number of allylic oxidation sites excluding steroid dienone is 2. The molecule has 2 aliphatic heterocycles. The van der Waals surface area contributed by atoms with Crippen molar-refractivity contribution in [2.24, 2.45) is 57.2 Å². The van der Waals surface area contributed by atoms with Gasteiger partial charge in [0.15, 0.2) is 0 Å². The molecule has 1 aromatic carbocycles. The van der Waals surface area contributed by atoms with Crippen molar-refractivity contribution in [3.63, 3.8) is 0 Å². The molecule has 11 atom stereocenters. The Kier molecular flexibility index (Phi) is 7.95. The molecule has 6 fully saturated rings. The molecule has 2 saturated heterocycles. The van der Waals surface area contributed by atoms with Gasteiger partial charge in [-0.15, -0.1) is 0 Å². The van der Waals surface area contributed by atoms with Gasteiger partial charge in [-0.25, -0.2) is 4.79 Å². The molecule has 5 heteroatoms. The van der Waals surface area contributed by atoms with Gasteiger partial charge in [-0.2, -0.15) is 0 Å². The number of ether oxygens (including phenoxy) is 1. The van der Waals surface area contributed by atoms with Crippen LogP contribution in [0.15, 0.2) is 30.3 Å². The van der Waals surface area contributed by atoms with Gasteiger partial charge >= 0.3 is 5.97 Å². The molecule has 5 nitrogen and oxygen atoms in total. The summed E-state index contributed by atoms with van der Waals surface area (Å²) in [4.78, 5) is 14.3. The van der Waals surface area contributed by atoms with Crippen molar-refractivity contribution < 1.29 is 14.6 Å². The summed E-state index contributed by atoms with van der Waals surface area (Å²) in [7, 11) is 0. The molecule has 0 radical (unpaired) electrons. The lowest BCUT2D eigenvalue weighted by molar-refractivity contribution is -0.221. The zero-order chi connectivity index (χ0) is 33.9. The van der Waals surface area contributed by atoms with Crippen LogP contribution in [0.4, 0.5) is 0 Å². The summed E-state index contributed by atoms with van der Waals surface area (Å²) in [6.07, 6.45) is 16.4. The molecule has 1 aromatic rings. The van der Waals surface area contributed by atoms with E-state index in [-0.39, 0.29) is 10.8 Å². The maximum atomic E-state index is 11.6. The van der Waals surface area contributed by atoms with Crippen molar-refractivity contribution in [3.8, 4) is 0 Å². The molecule has 0 spiro atoms. The summed E-state index contributed by atoms with van der Waals surface area (Å²) in [5, 5.41) is 13.9. The van der Waals surface area contributed by atoms with Gasteiger partial charge in [0.2, 0.25) is 0 Å². The number of carbonyl (C=O) groups is 1. The topological polar surface area (TPSA) is 61.8 Å². The fraction of sp³-hybridized carbons (Fsp3) is 0.791. The van der Waals surface area contributed by atoms with Crippen molar-refractivity contribution in [2.45, 2.75) is 130 Å². The monoisotopic (exact) mass is 656 g/mol. The first-order valence-electron chi connectivity index (χ1n) is 19.9. The predicted molar refractivity (Wildman–Crippen MR) is 194 cm³/mol. The van der Waals surface area contributed by atoms with Gasteiger partial charge in [0.05, 0.1) is 18.3 Å². The van der Waals surface area contributed by atoms with Crippen molar-refractivity contribution in [1.82, 2.24) is 10.2 Å². The first-order valence-corrected chi connectivity index (χ1v) is 19.9. The van der Waals surface area contributed by atoms with Gasteiger partial charge in [-0.05, 0) is 145 Å². The van der Waals surface area contributed by atoms with E-state index in [1.807, 2.05) is 0 Å². The molecule has 2 heterocycles. The number of morpholine rings is 1. The Hall–Kier alpha value is -1.69. The Morgan fingerprint density at radius 2 is 1.73 bits per heavy atom. The zero-order valence-corrected chi connectivity index (χ0v) is 31.1.